The smallest absolute Gasteiger partial charge is 0.136 e. The number of aliphatic hydroxyl groups is 4. The summed E-state index contributed by atoms with van der Waals surface area (Å²) in [7, 11) is 0. The molecule has 0 aliphatic heterocycles. The number of aliphatic hydroxyl groups excluding tert-OH is 4. The van der Waals surface area contributed by atoms with E-state index in [1.807, 2.05) is 6.92 Å². The number of carbonyl (C=O) groups is 1. The molecule has 0 aromatic heterocycles. The largest absolute Gasteiger partial charge is 0.390 e. The Hall–Kier alpha value is -0.490. The fourth-order valence-corrected chi connectivity index (χ4v) is 9.23. The first-order valence-corrected chi connectivity index (χ1v) is 13.6. The molecule has 0 amide bonds. The van der Waals surface area contributed by atoms with E-state index < -0.39 is 24.4 Å². The Morgan fingerprint density at radius 3 is 2.15 bits per heavy atom. The van der Waals surface area contributed by atoms with E-state index in [9.17, 15) is 25.2 Å². The first kappa shape index (κ1) is 25.6. The molecule has 5 nitrogen and oxygen atoms in total. The summed E-state index contributed by atoms with van der Waals surface area (Å²) in [5.41, 5.74) is -0.162. The summed E-state index contributed by atoms with van der Waals surface area (Å²) in [6.45, 7) is 12.9. The summed E-state index contributed by atoms with van der Waals surface area (Å²) < 4.78 is 0. The maximum absolute atomic E-state index is 13.3. The Morgan fingerprint density at radius 2 is 1.52 bits per heavy atom. The van der Waals surface area contributed by atoms with Crippen LogP contribution in [-0.4, -0.2) is 50.6 Å². The number of carbonyl (C=O) groups excluding carboxylic acids is 1. The van der Waals surface area contributed by atoms with Crippen molar-refractivity contribution in [2.24, 2.45) is 58.2 Å². The first-order valence-electron chi connectivity index (χ1n) is 13.6. The van der Waals surface area contributed by atoms with Gasteiger partial charge in [0.1, 0.15) is 5.78 Å². The normalized spacial score (nSPS) is 49.1. The molecule has 0 spiro atoms. The molecule has 4 saturated carbocycles. The van der Waals surface area contributed by atoms with Crippen molar-refractivity contribution in [2.75, 3.05) is 0 Å². The average molecular weight is 465 g/mol. The van der Waals surface area contributed by atoms with E-state index in [1.54, 1.807) is 0 Å². The van der Waals surface area contributed by atoms with Crippen LogP contribution in [0.15, 0.2) is 0 Å². The molecular formula is C28H48O5. The van der Waals surface area contributed by atoms with Gasteiger partial charge >= 0.3 is 0 Å². The van der Waals surface area contributed by atoms with E-state index in [2.05, 4.69) is 34.6 Å². The second-order valence-electron chi connectivity index (χ2n) is 13.4. The molecule has 0 heterocycles. The van der Waals surface area contributed by atoms with Gasteiger partial charge in [-0.2, -0.15) is 0 Å². The van der Waals surface area contributed by atoms with Gasteiger partial charge in [0, 0.05) is 12.3 Å². The second-order valence-corrected chi connectivity index (χ2v) is 13.4. The average Bonchev–Trinajstić information content (AvgIpc) is 3.10. The van der Waals surface area contributed by atoms with Crippen LogP contribution in [0, 0.1) is 58.2 Å². The van der Waals surface area contributed by atoms with Gasteiger partial charge in [-0.05, 0) is 90.8 Å². The highest BCUT2D eigenvalue weighted by Gasteiger charge is 2.63. The first-order chi connectivity index (χ1) is 15.3. The maximum atomic E-state index is 13.3. The van der Waals surface area contributed by atoms with Crippen molar-refractivity contribution in [3.05, 3.63) is 0 Å². The van der Waals surface area contributed by atoms with Crippen LogP contribution in [0.25, 0.3) is 0 Å². The van der Waals surface area contributed by atoms with Crippen LogP contribution in [0.3, 0.4) is 0 Å². The lowest BCUT2D eigenvalue weighted by atomic mass is 9.44. The van der Waals surface area contributed by atoms with Crippen LogP contribution < -0.4 is 0 Å². The molecular weight excluding hydrogens is 416 g/mol. The Bertz CT molecular complexity index is 738. The van der Waals surface area contributed by atoms with Crippen LogP contribution >= 0.6 is 0 Å². The van der Waals surface area contributed by atoms with E-state index >= 15 is 0 Å². The summed E-state index contributed by atoms with van der Waals surface area (Å²) >= 11 is 0. The van der Waals surface area contributed by atoms with Crippen LogP contribution in [0.5, 0.6) is 0 Å². The molecule has 0 saturated heterocycles. The zero-order chi connectivity index (χ0) is 24.5. The molecule has 4 aliphatic rings. The van der Waals surface area contributed by atoms with E-state index in [4.69, 9.17) is 0 Å². The predicted octanol–water partition coefficient (Wildman–Crippen LogP) is 3.81. The Balaban J connectivity index is 1.56. The molecule has 4 aliphatic carbocycles. The molecule has 13 atom stereocenters. The van der Waals surface area contributed by atoms with Crippen LogP contribution in [0.2, 0.25) is 0 Å². The minimum Gasteiger partial charge on any atom is -0.390 e. The monoisotopic (exact) mass is 464 g/mol. The van der Waals surface area contributed by atoms with Crippen molar-refractivity contribution < 1.29 is 25.2 Å². The third kappa shape index (κ3) is 3.93. The summed E-state index contributed by atoms with van der Waals surface area (Å²) in [6.07, 6.45) is 2.80. The summed E-state index contributed by atoms with van der Waals surface area (Å²) in [5, 5.41) is 42.8. The molecule has 0 unspecified atom stereocenters. The number of hydrogen-bond acceptors (Lipinski definition) is 5. The molecule has 0 radical (unpaired) electrons. The van der Waals surface area contributed by atoms with Gasteiger partial charge in [0.2, 0.25) is 0 Å². The standard InChI is InChI=1S/C28H48O5/c1-14(2)15(3)25(32)26(33)16(4)18-7-8-19-17-11-22(29)21-12-23(30)24(31)13-28(21,6)20(17)9-10-27(18,19)5/h14-21,23-26,30-33H,7-13H2,1-6H3/t15-,16+,17+,18-,19+,20+,21-,23-,24-,25-,26-,27+,28-/m1/s1. The second kappa shape index (κ2) is 8.87. The third-order valence-electron chi connectivity index (χ3n) is 11.7. The van der Waals surface area contributed by atoms with Gasteiger partial charge < -0.3 is 20.4 Å². The molecule has 5 heteroatoms. The summed E-state index contributed by atoms with van der Waals surface area (Å²) in [4.78, 5) is 13.3. The Labute approximate surface area is 200 Å². The van der Waals surface area contributed by atoms with Crippen molar-refractivity contribution in [3.63, 3.8) is 0 Å². The predicted molar refractivity (Wildman–Crippen MR) is 128 cm³/mol. The molecule has 0 aromatic carbocycles. The zero-order valence-electron chi connectivity index (χ0n) is 21.6. The molecule has 33 heavy (non-hydrogen) atoms. The lowest BCUT2D eigenvalue weighted by molar-refractivity contribution is -0.175. The molecule has 4 fully saturated rings. The van der Waals surface area contributed by atoms with Crippen molar-refractivity contribution >= 4 is 5.78 Å². The van der Waals surface area contributed by atoms with Gasteiger partial charge in [-0.1, -0.05) is 41.5 Å². The molecule has 4 N–H and O–H groups in total. The summed E-state index contributed by atoms with van der Waals surface area (Å²) in [6, 6.07) is 0. The van der Waals surface area contributed by atoms with E-state index in [0.29, 0.717) is 48.9 Å². The van der Waals surface area contributed by atoms with Crippen molar-refractivity contribution in [1.82, 2.24) is 0 Å². The van der Waals surface area contributed by atoms with Crippen LogP contribution in [0.4, 0.5) is 0 Å². The van der Waals surface area contributed by atoms with E-state index in [0.717, 1.165) is 25.7 Å². The van der Waals surface area contributed by atoms with E-state index in [-0.39, 0.29) is 34.4 Å². The number of Topliss-reactive ketones (excluding diaryl/α,β-unsaturated/α-hetero) is 1. The van der Waals surface area contributed by atoms with Crippen molar-refractivity contribution in [2.45, 2.75) is 111 Å². The van der Waals surface area contributed by atoms with Crippen LogP contribution in [-0.2, 0) is 4.79 Å². The number of fused-ring (bicyclic) bond motifs is 5. The number of hydrogen-bond donors (Lipinski definition) is 4. The third-order valence-corrected chi connectivity index (χ3v) is 11.7. The molecule has 0 aromatic rings. The highest BCUT2D eigenvalue weighted by molar-refractivity contribution is 5.83. The van der Waals surface area contributed by atoms with Crippen molar-refractivity contribution in [3.8, 4) is 0 Å². The zero-order valence-corrected chi connectivity index (χ0v) is 21.6. The minimum absolute atomic E-state index is 0.0158. The highest BCUT2D eigenvalue weighted by Crippen LogP contribution is 2.67. The quantitative estimate of drug-likeness (QED) is 0.496. The maximum Gasteiger partial charge on any atom is 0.136 e. The molecule has 4 rings (SSSR count). The van der Waals surface area contributed by atoms with Gasteiger partial charge in [-0.25, -0.2) is 0 Å². The fraction of sp³-hybridized carbons (Fsp3) is 0.964. The highest BCUT2D eigenvalue weighted by atomic mass is 16.3. The fourth-order valence-electron chi connectivity index (χ4n) is 9.23. The Morgan fingerprint density at radius 1 is 0.879 bits per heavy atom. The SMILES string of the molecule is CC(C)[C@@H](C)[C@@H](O)[C@H](O)[C@@H](C)[C@H]1CC[C@H]2[C@@H]3CC(=O)[C@H]4C[C@@H](O)[C@H](O)C[C@]4(C)[C@H]3CC[C@@]12C. The lowest BCUT2D eigenvalue weighted by Crippen LogP contribution is -2.59. The lowest BCUT2D eigenvalue weighted by Gasteiger charge is -2.61. The number of rotatable bonds is 5. The summed E-state index contributed by atoms with van der Waals surface area (Å²) in [5.74, 6) is 2.05. The topological polar surface area (TPSA) is 98.0 Å². The number of ketones is 1. The van der Waals surface area contributed by atoms with Crippen LogP contribution in [0.1, 0.15) is 86.5 Å². The van der Waals surface area contributed by atoms with E-state index in [1.165, 1.54) is 0 Å². The van der Waals surface area contributed by atoms with Crippen molar-refractivity contribution in [1.29, 1.82) is 0 Å². The Kier molecular flexibility index (Phi) is 6.88. The molecule has 0 bridgehead atoms. The van der Waals surface area contributed by atoms with Gasteiger partial charge in [0.15, 0.2) is 0 Å². The van der Waals surface area contributed by atoms with Gasteiger partial charge in [0.05, 0.1) is 24.4 Å². The van der Waals surface area contributed by atoms with Gasteiger partial charge in [-0.3, -0.25) is 4.79 Å². The molecule has 190 valence electrons. The van der Waals surface area contributed by atoms with Gasteiger partial charge in [0.25, 0.3) is 0 Å². The minimum atomic E-state index is -0.782. The van der Waals surface area contributed by atoms with Gasteiger partial charge in [-0.15, -0.1) is 0 Å².